The van der Waals surface area contributed by atoms with Gasteiger partial charge >= 0.3 is 5.97 Å². The lowest BCUT2D eigenvalue weighted by Crippen LogP contribution is -2.04. The number of carbonyl (C=O) groups is 1. The van der Waals surface area contributed by atoms with Crippen LogP contribution in [0.2, 0.25) is 0 Å². The van der Waals surface area contributed by atoms with Crippen LogP contribution in [0.4, 0.5) is 5.69 Å². The highest BCUT2D eigenvalue weighted by atomic mass is 32.2. The van der Waals surface area contributed by atoms with E-state index in [1.807, 2.05) is 25.1 Å². The Kier molecular flexibility index (Phi) is 5.79. The molecule has 1 aliphatic heterocycles. The lowest BCUT2D eigenvalue weighted by Gasteiger charge is -2.13. The molecule has 0 aromatic heterocycles. The summed E-state index contributed by atoms with van der Waals surface area (Å²) in [6, 6.07) is 8.23. The van der Waals surface area contributed by atoms with Gasteiger partial charge in [-0.3, -0.25) is 4.79 Å². The molecular formula is C14H17NO2S2. The SMILES string of the molecule is CCOC(=O)CCCSC1=Nc2ccccc2CS1. The maximum Gasteiger partial charge on any atom is 0.305 e. The Morgan fingerprint density at radius 1 is 1.47 bits per heavy atom. The van der Waals surface area contributed by atoms with Crippen molar-refractivity contribution < 1.29 is 9.53 Å². The number of hydrogen-bond acceptors (Lipinski definition) is 5. The van der Waals surface area contributed by atoms with Crippen LogP contribution in [0, 0.1) is 0 Å². The Hall–Kier alpha value is -0.940. The first-order valence-corrected chi connectivity index (χ1v) is 8.34. The molecule has 19 heavy (non-hydrogen) atoms. The molecular weight excluding hydrogens is 278 g/mol. The van der Waals surface area contributed by atoms with Crippen molar-refractivity contribution in [2.24, 2.45) is 4.99 Å². The van der Waals surface area contributed by atoms with Gasteiger partial charge in [-0.15, -0.1) is 0 Å². The van der Waals surface area contributed by atoms with Crippen LogP contribution in [0.25, 0.3) is 0 Å². The van der Waals surface area contributed by atoms with Crippen LogP contribution in [-0.4, -0.2) is 22.7 Å². The highest BCUT2D eigenvalue weighted by Crippen LogP contribution is 2.34. The molecule has 0 saturated heterocycles. The fraction of sp³-hybridized carbons (Fsp3) is 0.429. The zero-order valence-corrected chi connectivity index (χ0v) is 12.6. The van der Waals surface area contributed by atoms with Crippen molar-refractivity contribution in [3.05, 3.63) is 29.8 Å². The number of fused-ring (bicyclic) bond motifs is 1. The standard InChI is InChI=1S/C14H17NO2S2/c1-2-17-13(16)8-5-9-18-14-15-12-7-4-3-6-11(12)10-19-14/h3-4,6-7H,2,5,8-10H2,1H3. The van der Waals surface area contributed by atoms with E-state index < -0.39 is 0 Å². The fourth-order valence-corrected chi connectivity index (χ4v) is 3.77. The van der Waals surface area contributed by atoms with Gasteiger partial charge in [0, 0.05) is 17.9 Å². The van der Waals surface area contributed by atoms with Gasteiger partial charge < -0.3 is 4.74 Å². The number of nitrogens with zero attached hydrogens (tertiary/aromatic N) is 1. The zero-order chi connectivity index (χ0) is 13.5. The number of ether oxygens (including phenoxy) is 1. The van der Waals surface area contributed by atoms with Crippen molar-refractivity contribution in [2.75, 3.05) is 12.4 Å². The minimum atomic E-state index is -0.105. The Morgan fingerprint density at radius 2 is 2.32 bits per heavy atom. The molecule has 0 atom stereocenters. The summed E-state index contributed by atoms with van der Waals surface area (Å²) in [6.07, 6.45) is 1.33. The molecule has 0 unspecified atom stereocenters. The molecule has 0 spiro atoms. The highest BCUT2D eigenvalue weighted by Gasteiger charge is 2.12. The number of esters is 1. The number of para-hydroxylation sites is 1. The first kappa shape index (κ1) is 14.5. The van der Waals surface area contributed by atoms with Crippen LogP contribution in [0.15, 0.2) is 29.3 Å². The Morgan fingerprint density at radius 3 is 3.16 bits per heavy atom. The maximum absolute atomic E-state index is 11.2. The molecule has 1 aromatic rings. The molecule has 1 heterocycles. The van der Waals surface area contributed by atoms with Crippen molar-refractivity contribution in [1.82, 2.24) is 0 Å². The van der Waals surface area contributed by atoms with Gasteiger partial charge in [0.25, 0.3) is 0 Å². The number of carbonyl (C=O) groups excluding carboxylic acids is 1. The third-order valence-corrected chi connectivity index (χ3v) is 4.94. The van der Waals surface area contributed by atoms with Crippen LogP contribution in [-0.2, 0) is 15.3 Å². The van der Waals surface area contributed by atoms with Crippen LogP contribution >= 0.6 is 23.5 Å². The molecule has 0 amide bonds. The summed E-state index contributed by atoms with van der Waals surface area (Å²) in [5, 5.41) is 0. The number of thioether (sulfide) groups is 2. The molecule has 1 aromatic carbocycles. The first-order valence-electron chi connectivity index (χ1n) is 6.37. The molecule has 1 aliphatic rings. The normalized spacial score (nSPS) is 13.6. The molecule has 0 radical (unpaired) electrons. The van der Waals surface area contributed by atoms with E-state index in [2.05, 4.69) is 11.1 Å². The molecule has 5 heteroatoms. The Labute approximate surface area is 122 Å². The van der Waals surface area contributed by atoms with Gasteiger partial charge in [-0.25, -0.2) is 4.99 Å². The summed E-state index contributed by atoms with van der Waals surface area (Å²) in [5.74, 6) is 1.79. The second kappa shape index (κ2) is 7.60. The zero-order valence-electron chi connectivity index (χ0n) is 10.9. The number of benzene rings is 1. The van der Waals surface area contributed by atoms with E-state index in [4.69, 9.17) is 4.74 Å². The van der Waals surface area contributed by atoms with Gasteiger partial charge in [-0.05, 0) is 25.0 Å². The van der Waals surface area contributed by atoms with Crippen LogP contribution in [0.5, 0.6) is 0 Å². The Balaban J connectivity index is 1.76. The third kappa shape index (κ3) is 4.58. The predicted octanol–water partition coefficient (Wildman–Crippen LogP) is 4.00. The molecule has 0 saturated carbocycles. The minimum absolute atomic E-state index is 0.105. The number of aliphatic imine (C=N–C) groups is 1. The van der Waals surface area contributed by atoms with Gasteiger partial charge in [0.15, 0.2) is 0 Å². The molecule has 0 aliphatic carbocycles. The molecule has 102 valence electrons. The first-order chi connectivity index (χ1) is 9.29. The summed E-state index contributed by atoms with van der Waals surface area (Å²) in [5.41, 5.74) is 2.37. The van der Waals surface area contributed by atoms with E-state index >= 15 is 0 Å². The van der Waals surface area contributed by atoms with E-state index in [1.165, 1.54) is 5.56 Å². The molecule has 0 bridgehead atoms. The van der Waals surface area contributed by atoms with E-state index in [0.717, 1.165) is 28.0 Å². The van der Waals surface area contributed by atoms with E-state index in [-0.39, 0.29) is 5.97 Å². The summed E-state index contributed by atoms with van der Waals surface area (Å²) in [7, 11) is 0. The van der Waals surface area contributed by atoms with Gasteiger partial charge in [0.05, 0.1) is 12.3 Å². The van der Waals surface area contributed by atoms with Crippen molar-refractivity contribution in [2.45, 2.75) is 25.5 Å². The van der Waals surface area contributed by atoms with Crippen molar-refractivity contribution in [3.63, 3.8) is 0 Å². The van der Waals surface area contributed by atoms with Gasteiger partial charge in [0.1, 0.15) is 4.38 Å². The lowest BCUT2D eigenvalue weighted by molar-refractivity contribution is -0.143. The van der Waals surface area contributed by atoms with Crippen molar-refractivity contribution >= 4 is 39.6 Å². The van der Waals surface area contributed by atoms with Crippen LogP contribution < -0.4 is 0 Å². The second-order valence-electron chi connectivity index (χ2n) is 4.05. The summed E-state index contributed by atoms with van der Waals surface area (Å²) < 4.78 is 6.00. The number of hydrogen-bond donors (Lipinski definition) is 0. The molecule has 2 rings (SSSR count). The average molecular weight is 295 g/mol. The van der Waals surface area contributed by atoms with Crippen molar-refractivity contribution in [1.29, 1.82) is 0 Å². The number of rotatable bonds is 5. The van der Waals surface area contributed by atoms with Gasteiger partial charge in [0.2, 0.25) is 0 Å². The van der Waals surface area contributed by atoms with Crippen LogP contribution in [0.3, 0.4) is 0 Å². The smallest absolute Gasteiger partial charge is 0.305 e. The summed E-state index contributed by atoms with van der Waals surface area (Å²) in [4.78, 5) is 15.8. The maximum atomic E-state index is 11.2. The van der Waals surface area contributed by atoms with Crippen molar-refractivity contribution in [3.8, 4) is 0 Å². The largest absolute Gasteiger partial charge is 0.466 e. The van der Waals surface area contributed by atoms with Gasteiger partial charge in [-0.1, -0.05) is 41.7 Å². The molecule has 3 nitrogen and oxygen atoms in total. The summed E-state index contributed by atoms with van der Waals surface area (Å²) >= 11 is 3.50. The predicted molar refractivity (Wildman–Crippen MR) is 83.2 cm³/mol. The fourth-order valence-electron chi connectivity index (χ4n) is 1.70. The monoisotopic (exact) mass is 295 g/mol. The van der Waals surface area contributed by atoms with Crippen LogP contribution in [0.1, 0.15) is 25.3 Å². The highest BCUT2D eigenvalue weighted by molar-refractivity contribution is 8.38. The van der Waals surface area contributed by atoms with E-state index in [9.17, 15) is 4.79 Å². The Bertz CT molecular complexity index is 474. The van der Waals surface area contributed by atoms with E-state index in [0.29, 0.717) is 13.0 Å². The molecule has 0 fully saturated rings. The molecule has 0 N–H and O–H groups in total. The second-order valence-corrected chi connectivity index (χ2v) is 6.36. The topological polar surface area (TPSA) is 38.7 Å². The minimum Gasteiger partial charge on any atom is -0.466 e. The average Bonchev–Trinajstić information content (AvgIpc) is 2.44. The van der Waals surface area contributed by atoms with E-state index in [1.54, 1.807) is 23.5 Å². The lowest BCUT2D eigenvalue weighted by atomic mass is 10.2. The summed E-state index contributed by atoms with van der Waals surface area (Å²) in [6.45, 7) is 2.29. The third-order valence-electron chi connectivity index (χ3n) is 2.61. The van der Waals surface area contributed by atoms with Gasteiger partial charge in [-0.2, -0.15) is 0 Å². The quantitative estimate of drug-likeness (QED) is 0.608.